The van der Waals surface area contributed by atoms with Gasteiger partial charge in [0.05, 0.1) is 6.61 Å². The molecule has 21 heavy (non-hydrogen) atoms. The minimum absolute atomic E-state index is 0.113. The van der Waals surface area contributed by atoms with Crippen LogP contribution in [0.4, 0.5) is 0 Å². The van der Waals surface area contributed by atoms with Gasteiger partial charge in [-0.15, -0.1) is 0 Å². The molecule has 1 aliphatic rings. The quantitative estimate of drug-likeness (QED) is 0.665. The minimum Gasteiger partial charge on any atom is -0.465 e. The highest BCUT2D eigenvalue weighted by Crippen LogP contribution is 2.27. The Labute approximate surface area is 130 Å². The van der Waals surface area contributed by atoms with Crippen molar-refractivity contribution in [3.63, 3.8) is 0 Å². The highest BCUT2D eigenvalue weighted by Gasteiger charge is 2.37. The number of likely N-dealkylation sites (tertiary alicyclic amines) is 1. The molecule has 0 aromatic carbocycles. The standard InChI is InChI=1S/C17H34N2O2/c1-6-12-18-17(5,16(20)21-8-3)11-13-19-14(4)9-10-15(19)7-2/h14-15,18H,6-13H2,1-5H3. The third-order valence-corrected chi connectivity index (χ3v) is 4.79. The van der Waals surface area contributed by atoms with Crippen molar-refractivity contribution in [1.29, 1.82) is 0 Å². The number of hydrogen-bond acceptors (Lipinski definition) is 4. The van der Waals surface area contributed by atoms with Crippen molar-refractivity contribution in [2.75, 3.05) is 19.7 Å². The van der Waals surface area contributed by atoms with Gasteiger partial charge in [-0.25, -0.2) is 0 Å². The van der Waals surface area contributed by atoms with E-state index in [-0.39, 0.29) is 5.97 Å². The number of nitrogens with one attached hydrogen (secondary N) is 1. The minimum atomic E-state index is -0.563. The van der Waals surface area contributed by atoms with E-state index in [4.69, 9.17) is 4.74 Å². The van der Waals surface area contributed by atoms with Gasteiger partial charge in [0.25, 0.3) is 0 Å². The highest BCUT2D eigenvalue weighted by atomic mass is 16.5. The molecule has 1 saturated heterocycles. The molecule has 1 fully saturated rings. The predicted octanol–water partition coefficient (Wildman–Crippen LogP) is 2.96. The molecule has 3 unspecified atom stereocenters. The first-order valence-electron chi connectivity index (χ1n) is 8.66. The molecule has 0 aromatic rings. The van der Waals surface area contributed by atoms with Crippen molar-refractivity contribution in [2.24, 2.45) is 0 Å². The van der Waals surface area contributed by atoms with Gasteiger partial charge in [-0.3, -0.25) is 9.69 Å². The lowest BCUT2D eigenvalue weighted by atomic mass is 9.96. The monoisotopic (exact) mass is 298 g/mol. The molecular weight excluding hydrogens is 264 g/mol. The largest absolute Gasteiger partial charge is 0.465 e. The number of nitrogens with zero attached hydrogens (tertiary/aromatic N) is 1. The molecule has 1 rings (SSSR count). The summed E-state index contributed by atoms with van der Waals surface area (Å²) in [6.45, 7) is 12.8. The molecular formula is C17H34N2O2. The summed E-state index contributed by atoms with van der Waals surface area (Å²) in [5, 5.41) is 3.40. The molecule has 1 heterocycles. The van der Waals surface area contributed by atoms with E-state index in [9.17, 15) is 4.79 Å². The Morgan fingerprint density at radius 3 is 2.62 bits per heavy atom. The van der Waals surface area contributed by atoms with Gasteiger partial charge in [-0.05, 0) is 59.4 Å². The average molecular weight is 298 g/mol. The SMILES string of the molecule is CCCNC(C)(CCN1C(C)CCC1CC)C(=O)OCC. The first-order valence-corrected chi connectivity index (χ1v) is 8.66. The molecule has 1 aliphatic heterocycles. The molecule has 3 atom stereocenters. The van der Waals surface area contributed by atoms with E-state index in [0.29, 0.717) is 18.7 Å². The Kier molecular flexibility index (Phi) is 7.67. The molecule has 4 heteroatoms. The van der Waals surface area contributed by atoms with E-state index >= 15 is 0 Å². The lowest BCUT2D eigenvalue weighted by molar-refractivity contribution is -0.151. The maximum absolute atomic E-state index is 12.3. The third kappa shape index (κ3) is 4.96. The van der Waals surface area contributed by atoms with Crippen LogP contribution in [-0.2, 0) is 9.53 Å². The Morgan fingerprint density at radius 2 is 2.05 bits per heavy atom. The van der Waals surface area contributed by atoms with Crippen molar-refractivity contribution in [1.82, 2.24) is 10.2 Å². The lowest BCUT2D eigenvalue weighted by Gasteiger charge is -2.34. The van der Waals surface area contributed by atoms with Crippen molar-refractivity contribution < 1.29 is 9.53 Å². The van der Waals surface area contributed by atoms with Crippen molar-refractivity contribution in [2.45, 2.75) is 84.3 Å². The van der Waals surface area contributed by atoms with Crippen LogP contribution in [0.5, 0.6) is 0 Å². The van der Waals surface area contributed by atoms with E-state index < -0.39 is 5.54 Å². The topological polar surface area (TPSA) is 41.6 Å². The summed E-state index contributed by atoms with van der Waals surface area (Å²) in [6.07, 6.45) is 5.59. The second-order valence-corrected chi connectivity index (χ2v) is 6.46. The Balaban J connectivity index is 2.65. The van der Waals surface area contributed by atoms with Gasteiger partial charge in [-0.1, -0.05) is 13.8 Å². The maximum Gasteiger partial charge on any atom is 0.326 e. The van der Waals surface area contributed by atoms with E-state index in [2.05, 4.69) is 31.0 Å². The zero-order valence-electron chi connectivity index (χ0n) is 14.6. The van der Waals surface area contributed by atoms with Crippen molar-refractivity contribution in [3.05, 3.63) is 0 Å². The Hall–Kier alpha value is -0.610. The molecule has 4 nitrogen and oxygen atoms in total. The van der Waals surface area contributed by atoms with Crippen LogP contribution in [0.25, 0.3) is 0 Å². The van der Waals surface area contributed by atoms with Crippen LogP contribution < -0.4 is 5.32 Å². The van der Waals surface area contributed by atoms with Gasteiger partial charge in [0, 0.05) is 18.6 Å². The van der Waals surface area contributed by atoms with Crippen LogP contribution in [0.2, 0.25) is 0 Å². The lowest BCUT2D eigenvalue weighted by Crippen LogP contribution is -2.53. The molecule has 0 saturated carbocycles. The van der Waals surface area contributed by atoms with Gasteiger partial charge in [0.2, 0.25) is 0 Å². The summed E-state index contributed by atoms with van der Waals surface area (Å²) < 4.78 is 5.28. The van der Waals surface area contributed by atoms with Crippen LogP contribution in [-0.4, -0.2) is 48.2 Å². The van der Waals surface area contributed by atoms with Gasteiger partial charge in [0.1, 0.15) is 5.54 Å². The van der Waals surface area contributed by atoms with Crippen LogP contribution in [0.1, 0.15) is 66.7 Å². The summed E-state index contributed by atoms with van der Waals surface area (Å²) in [6, 6.07) is 1.31. The molecule has 1 N–H and O–H groups in total. The predicted molar refractivity (Wildman–Crippen MR) is 87.4 cm³/mol. The first-order chi connectivity index (χ1) is 9.98. The summed E-state index contributed by atoms with van der Waals surface area (Å²) >= 11 is 0. The molecule has 0 aromatic heterocycles. The Bertz CT molecular complexity index is 322. The zero-order valence-corrected chi connectivity index (χ0v) is 14.6. The van der Waals surface area contributed by atoms with E-state index in [1.165, 1.54) is 19.3 Å². The highest BCUT2D eigenvalue weighted by molar-refractivity contribution is 5.80. The second kappa shape index (κ2) is 8.74. The van der Waals surface area contributed by atoms with Crippen LogP contribution >= 0.6 is 0 Å². The van der Waals surface area contributed by atoms with Crippen LogP contribution in [0, 0.1) is 0 Å². The van der Waals surface area contributed by atoms with Crippen LogP contribution in [0.15, 0.2) is 0 Å². The van der Waals surface area contributed by atoms with E-state index in [1.54, 1.807) is 0 Å². The van der Waals surface area contributed by atoms with Gasteiger partial charge >= 0.3 is 5.97 Å². The second-order valence-electron chi connectivity index (χ2n) is 6.46. The molecule has 0 amide bonds. The smallest absolute Gasteiger partial charge is 0.326 e. The Morgan fingerprint density at radius 1 is 1.33 bits per heavy atom. The van der Waals surface area contributed by atoms with Gasteiger partial charge < -0.3 is 10.1 Å². The van der Waals surface area contributed by atoms with Crippen LogP contribution in [0.3, 0.4) is 0 Å². The summed E-state index contributed by atoms with van der Waals surface area (Å²) in [5.74, 6) is -0.113. The fourth-order valence-corrected chi connectivity index (χ4v) is 3.27. The molecule has 124 valence electrons. The summed E-state index contributed by atoms with van der Waals surface area (Å²) in [7, 11) is 0. The molecule has 0 spiro atoms. The molecule has 0 aliphatic carbocycles. The first kappa shape index (κ1) is 18.4. The van der Waals surface area contributed by atoms with Gasteiger partial charge in [0.15, 0.2) is 0 Å². The third-order valence-electron chi connectivity index (χ3n) is 4.79. The number of esters is 1. The van der Waals surface area contributed by atoms with E-state index in [0.717, 1.165) is 25.9 Å². The molecule has 0 bridgehead atoms. The summed E-state index contributed by atoms with van der Waals surface area (Å²) in [4.78, 5) is 14.9. The number of ether oxygens (including phenoxy) is 1. The summed E-state index contributed by atoms with van der Waals surface area (Å²) in [5.41, 5.74) is -0.563. The number of carbonyl (C=O) groups is 1. The number of carbonyl (C=O) groups excluding carboxylic acids is 1. The fraction of sp³-hybridized carbons (Fsp3) is 0.941. The maximum atomic E-state index is 12.3. The zero-order chi connectivity index (χ0) is 15.9. The van der Waals surface area contributed by atoms with Crippen molar-refractivity contribution >= 4 is 5.97 Å². The fourth-order valence-electron chi connectivity index (χ4n) is 3.27. The normalized spacial score (nSPS) is 25.8. The number of hydrogen-bond donors (Lipinski definition) is 1. The average Bonchev–Trinajstić information content (AvgIpc) is 2.83. The van der Waals surface area contributed by atoms with Gasteiger partial charge in [-0.2, -0.15) is 0 Å². The molecule has 0 radical (unpaired) electrons. The van der Waals surface area contributed by atoms with E-state index in [1.807, 2.05) is 13.8 Å². The number of rotatable bonds is 9. The van der Waals surface area contributed by atoms with Crippen molar-refractivity contribution in [3.8, 4) is 0 Å².